The minimum Gasteiger partial charge on any atom is -0.392 e. The molecule has 0 radical (unpaired) electrons. The third-order valence-corrected chi connectivity index (χ3v) is 35.0. The summed E-state index contributed by atoms with van der Waals surface area (Å²) < 4.78 is 181. The number of aliphatic hydroxyl groups is 2. The topological polar surface area (TPSA) is 436 Å². The zero-order chi connectivity index (χ0) is 99.6. The summed E-state index contributed by atoms with van der Waals surface area (Å²) in [6, 6.07) is 22.7. The predicted octanol–water partition coefficient (Wildman–Crippen LogP) is 6.93. The molecule has 784 valence electrons. The van der Waals surface area contributed by atoms with E-state index in [-0.39, 0.29) is 247 Å². The van der Waals surface area contributed by atoms with Gasteiger partial charge in [0.1, 0.15) is 0 Å². The van der Waals surface area contributed by atoms with Gasteiger partial charge < -0.3 is 50.7 Å². The van der Waals surface area contributed by atoms with Gasteiger partial charge in [0.15, 0.2) is 17.5 Å². The third-order valence-electron chi connectivity index (χ3n) is 24.9. The predicted molar refractivity (Wildman–Crippen MR) is 555 cm³/mol. The van der Waals surface area contributed by atoms with Crippen LogP contribution in [0.3, 0.4) is 0 Å². The maximum absolute atomic E-state index is 14.3. The number of β-amino-alcohol motifs (C(OH)–C–C–N with tert-alkyl or cyclic N) is 2. The van der Waals surface area contributed by atoms with Gasteiger partial charge in [-0.2, -0.15) is 48.5 Å². The molecule has 0 spiro atoms. The number of hydrogen-bond acceptors (Lipinski definition) is 27. The number of nitrogens with zero attached hydrogens (tertiary/aromatic N) is 17. The normalized spacial score (nSPS) is 19.9. The van der Waals surface area contributed by atoms with E-state index in [4.69, 9.17) is 23.2 Å². The molecule has 7 atom stereocenters. The lowest BCUT2D eigenvalue weighted by atomic mass is 10.2. The molecular weight excluding hydrogens is 2030 g/mol. The Kier molecular flexibility index (Phi) is 42.8. The first-order chi connectivity index (χ1) is 65.4. The van der Waals surface area contributed by atoms with Crippen molar-refractivity contribution in [2.45, 2.75) is 134 Å². The lowest BCUT2D eigenvalue weighted by Gasteiger charge is -2.26. The Balaban J connectivity index is 0.000000217. The van der Waals surface area contributed by atoms with Gasteiger partial charge in [-0.15, -0.1) is 0 Å². The van der Waals surface area contributed by atoms with Crippen LogP contribution in [0, 0.1) is 17.5 Å². The van der Waals surface area contributed by atoms with E-state index < -0.39 is 67.6 Å². The number of likely N-dealkylation sites (N-methyl/N-ethyl adjacent to an activating group) is 5. The Bertz CT molecular complexity index is 6450. The molecule has 5 aromatic heterocycles. The Hall–Kier alpha value is -9.16. The van der Waals surface area contributed by atoms with E-state index in [1.807, 2.05) is 9.80 Å². The molecule has 7 aliphatic heterocycles. The van der Waals surface area contributed by atoms with Gasteiger partial charge in [0, 0.05) is 233 Å². The fourth-order valence-corrected chi connectivity index (χ4v) is 27.1. The molecular formula is C94H129Cl2F3N20O17S7. The second-order valence-corrected chi connectivity index (χ2v) is 46.2. The Morgan fingerprint density at radius 2 is 0.594 bits per heavy atom. The first-order valence-corrected chi connectivity index (χ1v) is 52.6. The van der Waals surface area contributed by atoms with Crippen molar-refractivity contribution in [2.24, 2.45) is 0 Å². The zero-order valence-corrected chi connectivity index (χ0v) is 86.0. The minimum atomic E-state index is -3.89. The Morgan fingerprint density at radius 1 is 0.343 bits per heavy atom. The van der Waals surface area contributed by atoms with Crippen LogP contribution in [0.1, 0.15) is 67.2 Å². The lowest BCUT2D eigenvalue weighted by Crippen LogP contribution is -2.43. The van der Waals surface area contributed by atoms with Crippen LogP contribution in [0.15, 0.2) is 177 Å². The summed E-state index contributed by atoms with van der Waals surface area (Å²) in [7, 11) is -4.99. The summed E-state index contributed by atoms with van der Waals surface area (Å²) in [5.74, 6) is -2.58. The van der Waals surface area contributed by atoms with Crippen LogP contribution in [-0.2, 0) is 74.1 Å². The Morgan fingerprint density at radius 3 is 0.867 bits per heavy atom. The number of pyridine rings is 5. The molecule has 0 saturated carbocycles. The van der Waals surface area contributed by atoms with Crippen molar-refractivity contribution in [2.75, 3.05) is 181 Å². The molecule has 2 unspecified atom stereocenters. The smallest absolute Gasteiger partial charge is 0.243 e. The highest BCUT2D eigenvalue weighted by Gasteiger charge is 2.43. The highest BCUT2D eigenvalue weighted by atomic mass is 35.5. The maximum atomic E-state index is 14.3. The number of sulfonamides is 5. The molecule has 7 aliphatic rings. The molecule has 0 bridgehead atoms. The van der Waals surface area contributed by atoms with Gasteiger partial charge in [-0.3, -0.25) is 58.7 Å². The van der Waals surface area contributed by atoms with Gasteiger partial charge in [0.05, 0.1) is 98.0 Å². The number of amides is 5. The summed E-state index contributed by atoms with van der Waals surface area (Å²) >= 11 is 12.5. The van der Waals surface area contributed by atoms with Crippen molar-refractivity contribution in [3.63, 3.8) is 0 Å². The molecule has 5 N–H and O–H groups in total. The first-order valence-electron chi connectivity index (χ1n) is 44.7. The molecule has 5 aromatic carbocycles. The van der Waals surface area contributed by atoms with E-state index in [1.165, 1.54) is 70.7 Å². The number of aromatic nitrogens is 5. The lowest BCUT2D eigenvalue weighted by molar-refractivity contribution is -0.133. The van der Waals surface area contributed by atoms with Crippen LogP contribution in [0.25, 0.3) is 53.9 Å². The SMILES string of the molecule is C.C.C.CN(C)CC(=O)N(C)[C@@H]1CCN(S(=O)(=O)c2cccc3cncc(F)c23)C1.CN(C)CC(=O)N(C)[C@H]1CCN(S(=O)(=O)c2cccc3cncc(F)c23)C1.CN(C)CC(=O)N[C@@H]1CCN(S(=O)(=O)c2cccc3cncc(F)c23)C1.O=C(CN1CCC(O)C1)N[C@@H]1CCN(S(=O)(=O)c2cccc3cncc(Cl)c23)C1.O=C(CN1CCC(O)C1)N[C@H]1CCN(S(=O)(=O)c2cccc3cncc(Cl)c23)C1.S.S. The van der Waals surface area contributed by atoms with Gasteiger partial charge in [0.25, 0.3) is 0 Å². The molecule has 12 heterocycles. The van der Waals surface area contributed by atoms with Crippen molar-refractivity contribution in [3.05, 3.63) is 180 Å². The summed E-state index contributed by atoms with van der Waals surface area (Å²) in [6.07, 6.45) is 16.7. The second kappa shape index (κ2) is 51.5. The quantitative estimate of drug-likeness (QED) is 0.0387. The van der Waals surface area contributed by atoms with Crippen molar-refractivity contribution < 1.29 is 89.4 Å². The summed E-state index contributed by atoms with van der Waals surface area (Å²) in [5, 5.41) is 32.1. The van der Waals surface area contributed by atoms with Gasteiger partial charge in [-0.25, -0.2) is 55.3 Å². The minimum absolute atomic E-state index is 0. The summed E-state index contributed by atoms with van der Waals surface area (Å²) in [6.45, 7) is 6.08. The highest BCUT2D eigenvalue weighted by Crippen LogP contribution is 2.38. The van der Waals surface area contributed by atoms with Crippen LogP contribution in [0.5, 0.6) is 0 Å². The van der Waals surface area contributed by atoms with E-state index in [2.05, 4.69) is 40.9 Å². The molecule has 7 saturated heterocycles. The molecule has 5 amide bonds. The number of hydrogen-bond donors (Lipinski definition) is 5. The summed E-state index contributed by atoms with van der Waals surface area (Å²) in [5.41, 5.74) is 0. The number of carbonyl (C=O) groups is 5. The number of rotatable bonds is 25. The molecule has 0 aliphatic carbocycles. The van der Waals surface area contributed by atoms with Gasteiger partial charge in [-0.1, -0.05) is 106 Å². The van der Waals surface area contributed by atoms with Crippen LogP contribution in [0.2, 0.25) is 10.0 Å². The fourth-order valence-electron chi connectivity index (χ4n) is 17.8. The second-order valence-electron chi connectivity index (χ2n) is 35.8. The molecule has 17 rings (SSSR count). The zero-order valence-electron chi connectivity index (χ0n) is 78.4. The monoisotopic (exact) mass is 2160 g/mol. The molecule has 10 aromatic rings. The van der Waals surface area contributed by atoms with E-state index in [0.29, 0.717) is 132 Å². The molecule has 7 fully saturated rings. The molecule has 49 heteroatoms. The largest absolute Gasteiger partial charge is 0.392 e. The van der Waals surface area contributed by atoms with Crippen LogP contribution in [0.4, 0.5) is 13.2 Å². The number of halogens is 5. The van der Waals surface area contributed by atoms with Crippen molar-refractivity contribution in [1.29, 1.82) is 0 Å². The standard InChI is InChI=1S/2C19H23ClN4O4S.2C18H23FN4O3S.C17H21FN4O3S.3CH4.2H2S/c2*20-16-9-21-8-13-2-1-3-17(19(13)16)29(27,28)24-7-4-14(10-24)22-18(26)12-23-6-5-15(25)11-23;2*1-21(2)12-17(24)22(3)14-7-8-23(11-14)27(25,26)16-6-4-5-13-9-20-10-15(19)18(13)16;1-21(2)11-16(23)20-13-6-7-22(10-13)26(24,25)15-5-3-4-12-8-19-9-14(18)17(12)15;;;;;/h2*1-3,8-9,14-15,25H,4-7,10-12H2,(H,22,26);2*4-6,9-10,14H,7-8,11-12H2,1-3H3;3-5,8-9,13H,6-7,10-11H2,1-2H3,(H,20,23);3*1H4;2*1H2/t2*14-,15?;2*14-;13-;;;;;/m10101...../s1. The number of benzene rings is 5. The Labute approximate surface area is 859 Å². The highest BCUT2D eigenvalue weighted by molar-refractivity contribution is 7.90. The first kappa shape index (κ1) is 119. The van der Waals surface area contributed by atoms with E-state index in [1.54, 1.807) is 166 Å². The average molecular weight is 2160 g/mol. The van der Waals surface area contributed by atoms with Gasteiger partial charge in [-0.05, 0) is 118 Å². The van der Waals surface area contributed by atoms with Crippen LogP contribution < -0.4 is 16.0 Å². The van der Waals surface area contributed by atoms with Crippen molar-refractivity contribution >= 4 is 184 Å². The summed E-state index contributed by atoms with van der Waals surface area (Å²) in [4.78, 5) is 92.7. The van der Waals surface area contributed by atoms with E-state index in [9.17, 15) is 89.4 Å². The van der Waals surface area contributed by atoms with Crippen LogP contribution >= 0.6 is 50.2 Å². The molecule has 37 nitrogen and oxygen atoms in total. The average Bonchev–Trinajstić information content (AvgIpc) is 1.69. The van der Waals surface area contributed by atoms with E-state index in [0.717, 1.165) is 18.6 Å². The van der Waals surface area contributed by atoms with Crippen molar-refractivity contribution in [3.8, 4) is 0 Å². The molecule has 143 heavy (non-hydrogen) atoms. The number of nitrogens with one attached hydrogen (secondary N) is 3. The number of aliphatic hydroxyl groups excluding tert-OH is 2. The van der Waals surface area contributed by atoms with Crippen molar-refractivity contribution in [1.82, 2.24) is 96.7 Å². The third kappa shape index (κ3) is 28.6. The van der Waals surface area contributed by atoms with Crippen LogP contribution in [-0.4, -0.2) is 386 Å². The number of fused-ring (bicyclic) bond motifs is 5. The van der Waals surface area contributed by atoms with E-state index >= 15 is 0 Å². The fraction of sp³-hybridized carbons (Fsp3) is 0.468. The van der Waals surface area contributed by atoms with Gasteiger partial charge in [0.2, 0.25) is 79.7 Å². The van der Waals surface area contributed by atoms with Gasteiger partial charge >= 0.3 is 0 Å². The number of likely N-dealkylation sites (tertiary alicyclic amines) is 2. The maximum Gasteiger partial charge on any atom is 0.243 e. The number of carbonyl (C=O) groups excluding carboxylic acids is 5.